The fraction of sp³-hybridized carbons (Fsp3) is 0.263. The van der Waals surface area contributed by atoms with Crippen LogP contribution in [0.25, 0.3) is 11.4 Å². The molecule has 1 N–H and O–H groups in total. The van der Waals surface area contributed by atoms with Crippen LogP contribution in [0.1, 0.15) is 18.9 Å². The monoisotopic (exact) mass is 499 g/mol. The zero-order valence-corrected chi connectivity index (χ0v) is 18.2. The van der Waals surface area contributed by atoms with Gasteiger partial charge in [0.1, 0.15) is 0 Å². The standard InChI is InChI=1S/C19H17BrF3N5OS/c1-2-9-28-17(12-5-7-24-8-6-12)26-27-18(28)30-11-16(29)25-15-4-3-13(20)10-14(15)19(21,22)23/h3-8,10H,2,9,11H2,1H3,(H,25,29). The Morgan fingerprint density at radius 1 is 1.20 bits per heavy atom. The Morgan fingerprint density at radius 2 is 1.93 bits per heavy atom. The molecule has 0 unspecified atom stereocenters. The maximum Gasteiger partial charge on any atom is 0.418 e. The van der Waals surface area contributed by atoms with Crippen molar-refractivity contribution in [2.75, 3.05) is 11.1 Å². The Balaban J connectivity index is 1.74. The van der Waals surface area contributed by atoms with Crippen molar-refractivity contribution >= 4 is 39.3 Å². The molecule has 6 nitrogen and oxygen atoms in total. The van der Waals surface area contributed by atoms with E-state index in [0.29, 0.717) is 17.5 Å². The third kappa shape index (κ3) is 5.39. The molecule has 0 atom stereocenters. The lowest BCUT2D eigenvalue weighted by Gasteiger charge is -2.14. The van der Waals surface area contributed by atoms with E-state index in [2.05, 4.69) is 36.4 Å². The maximum absolute atomic E-state index is 13.2. The summed E-state index contributed by atoms with van der Waals surface area (Å²) in [5.41, 5.74) is -0.361. The number of benzene rings is 1. The molecule has 0 aliphatic rings. The van der Waals surface area contributed by atoms with Crippen LogP contribution >= 0.6 is 27.7 Å². The molecule has 0 aliphatic heterocycles. The van der Waals surface area contributed by atoms with Crippen LogP contribution in [0.15, 0.2) is 52.4 Å². The number of rotatable bonds is 7. The van der Waals surface area contributed by atoms with Crippen LogP contribution in [-0.4, -0.2) is 31.4 Å². The third-order valence-corrected chi connectivity index (χ3v) is 5.46. The highest BCUT2D eigenvalue weighted by atomic mass is 79.9. The highest BCUT2D eigenvalue weighted by Crippen LogP contribution is 2.36. The highest BCUT2D eigenvalue weighted by Gasteiger charge is 2.34. The highest BCUT2D eigenvalue weighted by molar-refractivity contribution is 9.10. The summed E-state index contributed by atoms with van der Waals surface area (Å²) in [5, 5.41) is 11.2. The lowest BCUT2D eigenvalue weighted by Crippen LogP contribution is -2.18. The normalized spacial score (nSPS) is 11.5. The van der Waals surface area contributed by atoms with E-state index in [4.69, 9.17) is 0 Å². The summed E-state index contributed by atoms with van der Waals surface area (Å²) in [7, 11) is 0. The minimum absolute atomic E-state index is 0.106. The second kappa shape index (κ2) is 9.61. The smallest absolute Gasteiger partial charge is 0.325 e. The zero-order chi connectivity index (χ0) is 21.7. The van der Waals surface area contributed by atoms with Crippen LogP contribution in [0, 0.1) is 0 Å². The van der Waals surface area contributed by atoms with Gasteiger partial charge in [0.05, 0.1) is 17.0 Å². The lowest BCUT2D eigenvalue weighted by atomic mass is 10.1. The van der Waals surface area contributed by atoms with Gasteiger partial charge in [0.15, 0.2) is 11.0 Å². The zero-order valence-electron chi connectivity index (χ0n) is 15.8. The molecule has 0 saturated carbocycles. The summed E-state index contributed by atoms with van der Waals surface area (Å²) in [5.74, 6) is -0.0234. The molecular formula is C19H17BrF3N5OS. The van der Waals surface area contributed by atoms with E-state index < -0.39 is 17.6 Å². The largest absolute Gasteiger partial charge is 0.418 e. The Labute approximate surface area is 183 Å². The van der Waals surface area contributed by atoms with Crippen molar-refractivity contribution < 1.29 is 18.0 Å². The van der Waals surface area contributed by atoms with E-state index >= 15 is 0 Å². The van der Waals surface area contributed by atoms with Gasteiger partial charge in [-0.2, -0.15) is 13.2 Å². The van der Waals surface area contributed by atoms with Crippen molar-refractivity contribution in [3.63, 3.8) is 0 Å². The van der Waals surface area contributed by atoms with Crippen molar-refractivity contribution in [3.8, 4) is 11.4 Å². The minimum Gasteiger partial charge on any atom is -0.325 e. The van der Waals surface area contributed by atoms with Crippen molar-refractivity contribution in [3.05, 3.63) is 52.8 Å². The molecule has 2 aromatic heterocycles. The molecule has 2 heterocycles. The summed E-state index contributed by atoms with van der Waals surface area (Å²) in [4.78, 5) is 16.3. The van der Waals surface area contributed by atoms with Gasteiger partial charge < -0.3 is 9.88 Å². The second-order valence-electron chi connectivity index (χ2n) is 6.22. The number of aromatic nitrogens is 4. The number of hydrogen-bond acceptors (Lipinski definition) is 5. The number of pyridine rings is 1. The van der Waals surface area contributed by atoms with E-state index in [1.807, 2.05) is 23.6 Å². The fourth-order valence-corrected chi connectivity index (χ4v) is 3.84. The molecule has 0 spiro atoms. The first kappa shape index (κ1) is 22.3. The molecule has 0 radical (unpaired) electrons. The molecule has 1 amide bonds. The first-order chi connectivity index (χ1) is 14.3. The molecule has 0 bridgehead atoms. The van der Waals surface area contributed by atoms with Crippen molar-refractivity contribution in [1.82, 2.24) is 19.7 Å². The van der Waals surface area contributed by atoms with Crippen LogP contribution in [0.5, 0.6) is 0 Å². The minimum atomic E-state index is -4.58. The van der Waals surface area contributed by atoms with Gasteiger partial charge in [-0.05, 0) is 36.8 Å². The molecule has 11 heteroatoms. The van der Waals surface area contributed by atoms with E-state index in [0.717, 1.165) is 29.8 Å². The van der Waals surface area contributed by atoms with Gasteiger partial charge in [-0.15, -0.1) is 10.2 Å². The molecule has 0 saturated heterocycles. The number of hydrogen-bond donors (Lipinski definition) is 1. The van der Waals surface area contributed by atoms with Gasteiger partial charge in [-0.1, -0.05) is 34.6 Å². The Morgan fingerprint density at radius 3 is 2.60 bits per heavy atom. The second-order valence-corrected chi connectivity index (χ2v) is 8.08. The van der Waals surface area contributed by atoms with Crippen molar-refractivity contribution in [2.45, 2.75) is 31.2 Å². The van der Waals surface area contributed by atoms with E-state index in [1.54, 1.807) is 12.4 Å². The van der Waals surface area contributed by atoms with Crippen LogP contribution in [0.2, 0.25) is 0 Å². The van der Waals surface area contributed by atoms with Crippen LogP contribution in [-0.2, 0) is 17.5 Å². The molecule has 158 valence electrons. The van der Waals surface area contributed by atoms with Gasteiger partial charge in [0, 0.05) is 29.0 Å². The summed E-state index contributed by atoms with van der Waals surface area (Å²) < 4.78 is 41.8. The SMILES string of the molecule is CCCn1c(SCC(=O)Nc2ccc(Br)cc2C(F)(F)F)nnc1-c1ccncc1. The molecule has 1 aromatic carbocycles. The van der Waals surface area contributed by atoms with Gasteiger partial charge in [0.25, 0.3) is 0 Å². The number of alkyl halides is 3. The van der Waals surface area contributed by atoms with Crippen LogP contribution in [0.4, 0.5) is 18.9 Å². The maximum atomic E-state index is 13.2. The number of amides is 1. The Bertz CT molecular complexity index is 1030. The molecular weight excluding hydrogens is 483 g/mol. The Hall–Kier alpha value is -2.40. The summed E-state index contributed by atoms with van der Waals surface area (Å²) in [6.07, 6.45) is -0.460. The van der Waals surface area contributed by atoms with E-state index in [9.17, 15) is 18.0 Å². The quantitative estimate of drug-likeness (QED) is 0.448. The average molecular weight is 500 g/mol. The van der Waals surface area contributed by atoms with Gasteiger partial charge in [0.2, 0.25) is 5.91 Å². The predicted octanol–water partition coefficient (Wildman–Crippen LogP) is 5.26. The molecule has 3 rings (SSSR count). The van der Waals surface area contributed by atoms with E-state index in [-0.39, 0.29) is 15.9 Å². The van der Waals surface area contributed by atoms with Gasteiger partial charge >= 0.3 is 6.18 Å². The molecule has 0 aliphatic carbocycles. The van der Waals surface area contributed by atoms with Crippen LogP contribution < -0.4 is 5.32 Å². The van der Waals surface area contributed by atoms with Gasteiger partial charge in [-0.3, -0.25) is 9.78 Å². The summed E-state index contributed by atoms with van der Waals surface area (Å²) >= 11 is 4.14. The number of carbonyl (C=O) groups is 1. The Kier molecular flexibility index (Phi) is 7.14. The van der Waals surface area contributed by atoms with Gasteiger partial charge in [-0.25, -0.2) is 0 Å². The van der Waals surface area contributed by atoms with Crippen molar-refractivity contribution in [2.24, 2.45) is 0 Å². The van der Waals surface area contributed by atoms with E-state index in [1.165, 1.54) is 12.1 Å². The fourth-order valence-electron chi connectivity index (χ4n) is 2.71. The molecule has 3 aromatic rings. The lowest BCUT2D eigenvalue weighted by molar-refractivity contribution is -0.137. The third-order valence-electron chi connectivity index (χ3n) is 4.00. The number of halogens is 4. The number of carbonyl (C=O) groups excluding carboxylic acids is 1. The first-order valence-corrected chi connectivity index (χ1v) is 10.7. The summed E-state index contributed by atoms with van der Waals surface area (Å²) in [6, 6.07) is 7.21. The van der Waals surface area contributed by atoms with Crippen LogP contribution in [0.3, 0.4) is 0 Å². The number of anilines is 1. The predicted molar refractivity (Wildman–Crippen MR) is 112 cm³/mol. The van der Waals surface area contributed by atoms with Crippen molar-refractivity contribution in [1.29, 1.82) is 0 Å². The first-order valence-electron chi connectivity index (χ1n) is 8.92. The number of nitrogens with zero attached hydrogens (tertiary/aromatic N) is 4. The molecule has 30 heavy (non-hydrogen) atoms. The average Bonchev–Trinajstić information content (AvgIpc) is 3.10. The molecule has 0 fully saturated rings. The summed E-state index contributed by atoms with van der Waals surface area (Å²) in [6.45, 7) is 2.64. The number of nitrogens with one attached hydrogen (secondary N) is 1. The topological polar surface area (TPSA) is 72.7 Å². The number of thioether (sulfide) groups is 1.